The maximum atomic E-state index is 12.4. The number of carbonyl (C=O) groups excluding carboxylic acids is 1. The van der Waals surface area contributed by atoms with Gasteiger partial charge in [0.05, 0.1) is 12.2 Å². The summed E-state index contributed by atoms with van der Waals surface area (Å²) in [7, 11) is 4.13. The largest absolute Gasteiger partial charge is 0.342 e. The maximum Gasteiger partial charge on any atom is 0.222 e. The van der Waals surface area contributed by atoms with Crippen LogP contribution < -0.4 is 0 Å². The number of fused-ring (bicyclic) bond motifs is 1. The number of aromatic nitrogens is 3. The van der Waals surface area contributed by atoms with Crippen LogP contribution >= 0.6 is 0 Å². The molecule has 1 amide bonds. The topological polar surface area (TPSA) is 54.3 Å². The first-order valence-electron chi connectivity index (χ1n) is 9.19. The number of nitrogens with zero attached hydrogens (tertiary/aromatic N) is 5. The second-order valence-corrected chi connectivity index (χ2v) is 7.71. The van der Waals surface area contributed by atoms with E-state index in [2.05, 4.69) is 43.9 Å². The minimum absolute atomic E-state index is 0.270. The van der Waals surface area contributed by atoms with Gasteiger partial charge in [0.2, 0.25) is 5.91 Å². The molecule has 0 unspecified atom stereocenters. The standard InChI is InChI=1S/C19H29N5O/c1-14(2)12-17(25)23-9-7-15(13-23)18-16-6-5-8-20-19(16)24(21-18)11-10-22(3)4/h5-6,8,14-15H,7,9-13H2,1-4H3/t15-/m0/s1. The minimum Gasteiger partial charge on any atom is -0.342 e. The normalized spacial score (nSPS) is 18.0. The number of likely N-dealkylation sites (tertiary alicyclic amines) is 1. The van der Waals surface area contributed by atoms with E-state index >= 15 is 0 Å². The molecule has 3 heterocycles. The van der Waals surface area contributed by atoms with Gasteiger partial charge < -0.3 is 9.80 Å². The summed E-state index contributed by atoms with van der Waals surface area (Å²) in [5.41, 5.74) is 2.05. The van der Waals surface area contributed by atoms with Crippen molar-refractivity contribution in [2.24, 2.45) is 5.92 Å². The molecule has 2 aromatic heterocycles. The number of hydrogen-bond acceptors (Lipinski definition) is 4. The number of likely N-dealkylation sites (N-methyl/N-ethyl adjacent to an activating group) is 1. The Kier molecular flexibility index (Phi) is 5.37. The fraction of sp³-hybridized carbons (Fsp3) is 0.632. The van der Waals surface area contributed by atoms with Gasteiger partial charge in [0.25, 0.3) is 0 Å². The molecule has 6 heteroatoms. The average Bonchev–Trinajstić information content (AvgIpc) is 3.17. The molecule has 2 aromatic rings. The summed E-state index contributed by atoms with van der Waals surface area (Å²) in [6, 6.07) is 4.08. The lowest BCUT2D eigenvalue weighted by molar-refractivity contribution is -0.130. The minimum atomic E-state index is 0.270. The van der Waals surface area contributed by atoms with E-state index in [1.54, 1.807) is 0 Å². The average molecular weight is 343 g/mol. The molecule has 3 rings (SSSR count). The highest BCUT2D eigenvalue weighted by atomic mass is 16.2. The summed E-state index contributed by atoms with van der Waals surface area (Å²) in [5, 5.41) is 6.02. The molecule has 1 saturated heterocycles. The summed E-state index contributed by atoms with van der Waals surface area (Å²) in [5.74, 6) is 0.984. The van der Waals surface area contributed by atoms with E-state index in [1.165, 1.54) is 0 Å². The van der Waals surface area contributed by atoms with Crippen molar-refractivity contribution >= 4 is 16.9 Å². The van der Waals surface area contributed by atoms with Crippen molar-refractivity contribution in [2.45, 2.75) is 39.2 Å². The Morgan fingerprint density at radius 1 is 1.40 bits per heavy atom. The van der Waals surface area contributed by atoms with E-state index in [1.807, 2.05) is 21.8 Å². The van der Waals surface area contributed by atoms with Gasteiger partial charge >= 0.3 is 0 Å². The summed E-state index contributed by atoms with van der Waals surface area (Å²) in [6.07, 6.45) is 3.44. The lowest BCUT2D eigenvalue weighted by Crippen LogP contribution is -2.29. The van der Waals surface area contributed by atoms with E-state index in [-0.39, 0.29) is 5.91 Å². The van der Waals surface area contributed by atoms with E-state index in [4.69, 9.17) is 5.10 Å². The Balaban J connectivity index is 1.81. The van der Waals surface area contributed by atoms with Crippen LogP contribution in [0.15, 0.2) is 18.3 Å². The van der Waals surface area contributed by atoms with Crippen LogP contribution in [-0.2, 0) is 11.3 Å². The third-order valence-electron chi connectivity index (χ3n) is 4.81. The summed E-state index contributed by atoms with van der Waals surface area (Å²) in [6.45, 7) is 7.55. The Morgan fingerprint density at radius 2 is 2.20 bits per heavy atom. The summed E-state index contributed by atoms with van der Waals surface area (Å²) >= 11 is 0. The highest BCUT2D eigenvalue weighted by Gasteiger charge is 2.30. The molecule has 1 aliphatic heterocycles. The smallest absolute Gasteiger partial charge is 0.222 e. The molecule has 0 N–H and O–H groups in total. The van der Waals surface area contributed by atoms with Crippen LogP contribution in [0.4, 0.5) is 0 Å². The van der Waals surface area contributed by atoms with Gasteiger partial charge in [0.1, 0.15) is 0 Å². The Labute approximate surface area is 149 Å². The third-order valence-corrected chi connectivity index (χ3v) is 4.81. The number of amides is 1. The molecule has 0 aliphatic carbocycles. The van der Waals surface area contributed by atoms with Gasteiger partial charge in [-0.25, -0.2) is 9.67 Å². The van der Waals surface area contributed by atoms with Crippen LogP contribution in [0, 0.1) is 5.92 Å². The second-order valence-electron chi connectivity index (χ2n) is 7.71. The van der Waals surface area contributed by atoms with E-state index in [9.17, 15) is 4.79 Å². The van der Waals surface area contributed by atoms with Crippen LogP contribution in [-0.4, -0.2) is 64.2 Å². The van der Waals surface area contributed by atoms with Gasteiger partial charge in [-0.05, 0) is 38.6 Å². The molecule has 136 valence electrons. The lowest BCUT2D eigenvalue weighted by Gasteiger charge is -2.17. The van der Waals surface area contributed by atoms with E-state index in [0.29, 0.717) is 18.3 Å². The molecular formula is C19H29N5O. The van der Waals surface area contributed by atoms with Crippen molar-refractivity contribution in [3.63, 3.8) is 0 Å². The molecule has 0 saturated carbocycles. The van der Waals surface area contributed by atoms with Crippen molar-refractivity contribution < 1.29 is 4.79 Å². The van der Waals surface area contributed by atoms with Crippen molar-refractivity contribution in [3.8, 4) is 0 Å². The molecule has 0 spiro atoms. The first kappa shape index (κ1) is 17.9. The van der Waals surface area contributed by atoms with Gasteiger partial charge in [0, 0.05) is 43.6 Å². The summed E-state index contributed by atoms with van der Waals surface area (Å²) < 4.78 is 2.02. The van der Waals surface area contributed by atoms with Crippen LogP contribution in [0.2, 0.25) is 0 Å². The van der Waals surface area contributed by atoms with Crippen molar-refractivity contribution in [2.75, 3.05) is 33.7 Å². The Hall–Kier alpha value is -1.95. The second kappa shape index (κ2) is 7.52. The fourth-order valence-corrected chi connectivity index (χ4v) is 3.47. The number of carbonyl (C=O) groups is 1. The Bertz CT molecular complexity index is 736. The summed E-state index contributed by atoms with van der Waals surface area (Å²) in [4.78, 5) is 21.1. The van der Waals surface area contributed by atoms with Crippen LogP contribution in [0.1, 0.15) is 38.3 Å². The molecular weight excluding hydrogens is 314 g/mol. The van der Waals surface area contributed by atoms with Gasteiger partial charge in [-0.1, -0.05) is 13.8 Å². The predicted molar refractivity (Wildman–Crippen MR) is 99.5 cm³/mol. The molecule has 0 aromatic carbocycles. The highest BCUT2D eigenvalue weighted by Crippen LogP contribution is 2.31. The monoisotopic (exact) mass is 343 g/mol. The van der Waals surface area contributed by atoms with Crippen LogP contribution in [0.3, 0.4) is 0 Å². The highest BCUT2D eigenvalue weighted by molar-refractivity contribution is 5.80. The predicted octanol–water partition coefficient (Wildman–Crippen LogP) is 2.35. The van der Waals surface area contributed by atoms with Crippen molar-refractivity contribution in [1.29, 1.82) is 0 Å². The zero-order chi connectivity index (χ0) is 18.0. The molecule has 1 atom stereocenters. The van der Waals surface area contributed by atoms with E-state index in [0.717, 1.165) is 49.3 Å². The molecule has 0 radical (unpaired) electrons. The first-order valence-corrected chi connectivity index (χ1v) is 9.19. The van der Waals surface area contributed by atoms with Gasteiger partial charge in [-0.2, -0.15) is 5.10 Å². The number of rotatable bonds is 6. The zero-order valence-electron chi connectivity index (χ0n) is 15.8. The van der Waals surface area contributed by atoms with Crippen LogP contribution in [0.5, 0.6) is 0 Å². The first-order chi connectivity index (χ1) is 12.0. The van der Waals surface area contributed by atoms with Gasteiger partial charge in [-0.3, -0.25) is 4.79 Å². The SMILES string of the molecule is CC(C)CC(=O)N1CC[C@H](c2nn(CCN(C)C)c3ncccc23)C1. The van der Waals surface area contributed by atoms with Gasteiger partial charge in [0.15, 0.2) is 5.65 Å². The quantitative estimate of drug-likeness (QED) is 0.808. The van der Waals surface area contributed by atoms with Crippen molar-refractivity contribution in [1.82, 2.24) is 24.6 Å². The molecule has 0 bridgehead atoms. The maximum absolute atomic E-state index is 12.4. The van der Waals surface area contributed by atoms with Crippen molar-refractivity contribution in [3.05, 3.63) is 24.0 Å². The molecule has 1 fully saturated rings. The number of pyridine rings is 1. The van der Waals surface area contributed by atoms with Gasteiger partial charge in [-0.15, -0.1) is 0 Å². The molecule has 1 aliphatic rings. The number of hydrogen-bond donors (Lipinski definition) is 0. The molecule has 25 heavy (non-hydrogen) atoms. The van der Waals surface area contributed by atoms with E-state index < -0.39 is 0 Å². The lowest BCUT2D eigenvalue weighted by atomic mass is 10.0. The Morgan fingerprint density at radius 3 is 2.92 bits per heavy atom. The zero-order valence-corrected chi connectivity index (χ0v) is 15.8. The molecule has 6 nitrogen and oxygen atoms in total. The van der Waals surface area contributed by atoms with Crippen LogP contribution in [0.25, 0.3) is 11.0 Å². The fourth-order valence-electron chi connectivity index (χ4n) is 3.47. The third kappa shape index (κ3) is 4.00.